The standard InChI is InChI=1S/C15H30N2O/c1-15(2,18)7-12-16-10-5-14(6-11-16)13-17-8-3-4-9-17/h14,18H,3-13H2,1-2H3. The molecule has 0 unspecified atom stereocenters. The van der Waals surface area contributed by atoms with Crippen LogP contribution in [0.15, 0.2) is 0 Å². The molecule has 0 atom stereocenters. The van der Waals surface area contributed by atoms with Crippen LogP contribution in [0, 0.1) is 5.92 Å². The molecule has 2 fully saturated rings. The van der Waals surface area contributed by atoms with Gasteiger partial charge in [-0.1, -0.05) is 0 Å². The number of hydrogen-bond acceptors (Lipinski definition) is 3. The van der Waals surface area contributed by atoms with Gasteiger partial charge in [-0.25, -0.2) is 0 Å². The lowest BCUT2D eigenvalue weighted by molar-refractivity contribution is 0.0507. The number of nitrogens with zero attached hydrogens (tertiary/aromatic N) is 2. The Morgan fingerprint density at radius 1 is 1.00 bits per heavy atom. The SMILES string of the molecule is CC(C)(O)CCN1CCC(CN2CCCC2)CC1. The van der Waals surface area contributed by atoms with Crippen LogP contribution in [0.2, 0.25) is 0 Å². The smallest absolute Gasteiger partial charge is 0.0603 e. The molecule has 2 aliphatic heterocycles. The van der Waals surface area contributed by atoms with Gasteiger partial charge in [-0.2, -0.15) is 0 Å². The van der Waals surface area contributed by atoms with Crippen molar-refractivity contribution in [3.63, 3.8) is 0 Å². The molecule has 0 radical (unpaired) electrons. The highest BCUT2D eigenvalue weighted by molar-refractivity contribution is 4.78. The van der Waals surface area contributed by atoms with Crippen LogP contribution in [-0.2, 0) is 0 Å². The molecule has 0 aliphatic carbocycles. The van der Waals surface area contributed by atoms with Gasteiger partial charge >= 0.3 is 0 Å². The summed E-state index contributed by atoms with van der Waals surface area (Å²) in [6, 6.07) is 0. The van der Waals surface area contributed by atoms with E-state index < -0.39 is 5.60 Å². The van der Waals surface area contributed by atoms with E-state index in [1.165, 1.54) is 58.4 Å². The average molecular weight is 254 g/mol. The Hall–Kier alpha value is -0.120. The molecule has 1 N–H and O–H groups in total. The third-order valence-corrected chi connectivity index (χ3v) is 4.46. The van der Waals surface area contributed by atoms with Crippen molar-refractivity contribution in [3.8, 4) is 0 Å². The Bertz CT molecular complexity index is 235. The zero-order valence-corrected chi connectivity index (χ0v) is 12.2. The van der Waals surface area contributed by atoms with Crippen molar-refractivity contribution >= 4 is 0 Å². The fourth-order valence-corrected chi connectivity index (χ4v) is 3.15. The first-order valence-electron chi connectivity index (χ1n) is 7.70. The lowest BCUT2D eigenvalue weighted by Crippen LogP contribution is -2.40. The summed E-state index contributed by atoms with van der Waals surface area (Å²) in [6.45, 7) is 11.3. The van der Waals surface area contributed by atoms with Gasteiger partial charge in [0.2, 0.25) is 0 Å². The van der Waals surface area contributed by atoms with Gasteiger partial charge in [0.1, 0.15) is 0 Å². The van der Waals surface area contributed by atoms with Crippen molar-refractivity contribution in [2.75, 3.05) is 39.3 Å². The number of aliphatic hydroxyl groups is 1. The molecule has 0 saturated carbocycles. The second-order valence-electron chi connectivity index (χ2n) is 6.86. The Balaban J connectivity index is 1.61. The molecule has 3 nitrogen and oxygen atoms in total. The van der Waals surface area contributed by atoms with Crippen LogP contribution in [0.5, 0.6) is 0 Å². The molecule has 3 heteroatoms. The van der Waals surface area contributed by atoms with E-state index in [1.54, 1.807) is 0 Å². The Morgan fingerprint density at radius 3 is 2.17 bits per heavy atom. The minimum Gasteiger partial charge on any atom is -0.390 e. The first kappa shape index (κ1) is 14.3. The molecule has 0 bridgehead atoms. The molecular formula is C15H30N2O. The predicted octanol–water partition coefficient (Wildman–Crippen LogP) is 1.96. The number of likely N-dealkylation sites (tertiary alicyclic amines) is 2. The van der Waals surface area contributed by atoms with E-state index in [0.29, 0.717) is 0 Å². The summed E-state index contributed by atoms with van der Waals surface area (Å²) in [5.41, 5.74) is -0.508. The monoisotopic (exact) mass is 254 g/mol. The molecule has 106 valence electrons. The second kappa shape index (κ2) is 6.36. The first-order chi connectivity index (χ1) is 8.53. The van der Waals surface area contributed by atoms with Crippen molar-refractivity contribution in [1.29, 1.82) is 0 Å². The zero-order chi connectivity index (χ0) is 13.0. The normalized spacial score (nSPS) is 24.8. The number of rotatable bonds is 5. The van der Waals surface area contributed by atoms with Crippen LogP contribution >= 0.6 is 0 Å². The maximum absolute atomic E-state index is 9.76. The van der Waals surface area contributed by atoms with Gasteiger partial charge < -0.3 is 14.9 Å². The minimum absolute atomic E-state index is 0.508. The highest BCUT2D eigenvalue weighted by Crippen LogP contribution is 2.21. The molecule has 0 aromatic rings. The molecule has 0 aromatic carbocycles. The quantitative estimate of drug-likeness (QED) is 0.812. The largest absolute Gasteiger partial charge is 0.390 e. The maximum atomic E-state index is 9.76. The van der Waals surface area contributed by atoms with Crippen molar-refractivity contribution in [1.82, 2.24) is 9.80 Å². The van der Waals surface area contributed by atoms with E-state index in [9.17, 15) is 5.11 Å². The van der Waals surface area contributed by atoms with Crippen molar-refractivity contribution in [2.24, 2.45) is 5.92 Å². The van der Waals surface area contributed by atoms with E-state index in [-0.39, 0.29) is 0 Å². The van der Waals surface area contributed by atoms with Gasteiger partial charge in [0.05, 0.1) is 5.60 Å². The molecule has 0 spiro atoms. The number of piperidine rings is 1. The van der Waals surface area contributed by atoms with Crippen LogP contribution in [-0.4, -0.2) is 59.8 Å². The Labute approximate surface area is 112 Å². The average Bonchev–Trinajstić information content (AvgIpc) is 2.80. The van der Waals surface area contributed by atoms with Gasteiger partial charge in [0, 0.05) is 13.1 Å². The predicted molar refractivity (Wildman–Crippen MR) is 75.8 cm³/mol. The van der Waals surface area contributed by atoms with Crippen molar-refractivity contribution in [3.05, 3.63) is 0 Å². The fraction of sp³-hybridized carbons (Fsp3) is 1.00. The maximum Gasteiger partial charge on any atom is 0.0603 e. The zero-order valence-electron chi connectivity index (χ0n) is 12.2. The first-order valence-corrected chi connectivity index (χ1v) is 7.70. The molecular weight excluding hydrogens is 224 g/mol. The van der Waals surface area contributed by atoms with Gasteiger partial charge in [-0.05, 0) is 78.0 Å². The summed E-state index contributed by atoms with van der Waals surface area (Å²) in [6.07, 6.45) is 6.41. The highest BCUT2D eigenvalue weighted by atomic mass is 16.3. The summed E-state index contributed by atoms with van der Waals surface area (Å²) in [4.78, 5) is 5.18. The minimum atomic E-state index is -0.508. The van der Waals surface area contributed by atoms with Gasteiger partial charge in [0.25, 0.3) is 0 Å². The third-order valence-electron chi connectivity index (χ3n) is 4.46. The second-order valence-corrected chi connectivity index (χ2v) is 6.86. The van der Waals surface area contributed by atoms with Gasteiger partial charge in [-0.3, -0.25) is 0 Å². The molecule has 2 heterocycles. The van der Waals surface area contributed by atoms with Crippen molar-refractivity contribution < 1.29 is 5.11 Å². The topological polar surface area (TPSA) is 26.7 Å². The van der Waals surface area contributed by atoms with E-state index in [0.717, 1.165) is 18.9 Å². The Kier molecular flexibility index (Phi) is 5.05. The Morgan fingerprint density at radius 2 is 1.61 bits per heavy atom. The molecule has 2 aliphatic rings. The summed E-state index contributed by atoms with van der Waals surface area (Å²) in [7, 11) is 0. The summed E-state index contributed by atoms with van der Waals surface area (Å²) < 4.78 is 0. The third kappa shape index (κ3) is 4.87. The van der Waals surface area contributed by atoms with E-state index >= 15 is 0 Å². The summed E-state index contributed by atoms with van der Waals surface area (Å²) in [5.74, 6) is 0.918. The fourth-order valence-electron chi connectivity index (χ4n) is 3.15. The van der Waals surface area contributed by atoms with Crippen LogP contribution in [0.1, 0.15) is 46.0 Å². The lowest BCUT2D eigenvalue weighted by Gasteiger charge is -2.34. The van der Waals surface area contributed by atoms with Gasteiger partial charge in [0.15, 0.2) is 0 Å². The molecule has 18 heavy (non-hydrogen) atoms. The van der Waals surface area contributed by atoms with Crippen LogP contribution < -0.4 is 0 Å². The van der Waals surface area contributed by atoms with Gasteiger partial charge in [-0.15, -0.1) is 0 Å². The molecule has 0 amide bonds. The summed E-state index contributed by atoms with van der Waals surface area (Å²) in [5, 5.41) is 9.76. The molecule has 2 saturated heterocycles. The molecule has 2 rings (SSSR count). The van der Waals surface area contributed by atoms with E-state index in [1.807, 2.05) is 13.8 Å². The van der Waals surface area contributed by atoms with Crippen LogP contribution in [0.3, 0.4) is 0 Å². The number of hydrogen-bond donors (Lipinski definition) is 1. The van der Waals surface area contributed by atoms with E-state index in [2.05, 4.69) is 9.80 Å². The van der Waals surface area contributed by atoms with Crippen LogP contribution in [0.4, 0.5) is 0 Å². The van der Waals surface area contributed by atoms with Crippen LogP contribution in [0.25, 0.3) is 0 Å². The van der Waals surface area contributed by atoms with E-state index in [4.69, 9.17) is 0 Å². The summed E-state index contributed by atoms with van der Waals surface area (Å²) >= 11 is 0. The highest BCUT2D eigenvalue weighted by Gasteiger charge is 2.23. The van der Waals surface area contributed by atoms with Crippen molar-refractivity contribution in [2.45, 2.75) is 51.6 Å². The lowest BCUT2D eigenvalue weighted by atomic mass is 9.95. The molecule has 0 aromatic heterocycles.